The van der Waals surface area contributed by atoms with Crippen LogP contribution in [0.3, 0.4) is 0 Å². The van der Waals surface area contributed by atoms with Crippen molar-refractivity contribution >= 4 is 33.5 Å². The molecule has 0 saturated heterocycles. The molecule has 0 amide bonds. The van der Waals surface area contributed by atoms with Crippen molar-refractivity contribution in [1.29, 1.82) is 0 Å². The van der Waals surface area contributed by atoms with Gasteiger partial charge in [0.25, 0.3) is 5.69 Å². The van der Waals surface area contributed by atoms with Crippen molar-refractivity contribution in [2.75, 3.05) is 5.32 Å². The van der Waals surface area contributed by atoms with E-state index in [1.807, 2.05) is 13.0 Å². The third kappa shape index (κ3) is 2.79. The fourth-order valence-corrected chi connectivity index (χ4v) is 2.74. The molecule has 1 aromatic carbocycles. The van der Waals surface area contributed by atoms with Gasteiger partial charge in [0.1, 0.15) is 5.69 Å². The number of Topliss-reactive ketones (excluding diaryl/α,β-unsaturated/α-hetero) is 1. The third-order valence-corrected chi connectivity index (χ3v) is 3.85. The van der Waals surface area contributed by atoms with E-state index in [0.29, 0.717) is 10.6 Å². The van der Waals surface area contributed by atoms with Crippen LogP contribution >= 0.6 is 11.3 Å². The summed E-state index contributed by atoms with van der Waals surface area (Å²) in [5, 5.41) is 14.6. The average Bonchev–Trinajstić information content (AvgIpc) is 2.71. The number of nitro groups is 1. The van der Waals surface area contributed by atoms with E-state index in [-0.39, 0.29) is 11.5 Å². The summed E-state index contributed by atoms with van der Waals surface area (Å²) in [5.41, 5.74) is 1.31. The van der Waals surface area contributed by atoms with Crippen LogP contribution in [0.1, 0.15) is 22.2 Å². The lowest BCUT2D eigenvalue weighted by molar-refractivity contribution is -0.383. The van der Waals surface area contributed by atoms with Crippen molar-refractivity contribution in [1.82, 2.24) is 0 Å². The lowest BCUT2D eigenvalue weighted by atomic mass is 10.2. The predicted molar refractivity (Wildman–Crippen MR) is 75.4 cm³/mol. The normalized spacial score (nSPS) is 10.2. The number of aryl methyl sites for hydroxylation is 1. The molecule has 1 heterocycles. The van der Waals surface area contributed by atoms with Gasteiger partial charge in [0, 0.05) is 6.07 Å². The number of thiophene rings is 1. The van der Waals surface area contributed by atoms with Crippen LogP contribution in [0, 0.1) is 17.0 Å². The fourth-order valence-electron chi connectivity index (χ4n) is 1.76. The molecule has 0 aliphatic carbocycles. The second-order valence-electron chi connectivity index (χ2n) is 4.08. The molecule has 2 rings (SSSR count). The van der Waals surface area contributed by atoms with Crippen LogP contribution in [-0.2, 0) is 0 Å². The molecule has 2 aromatic rings. The summed E-state index contributed by atoms with van der Waals surface area (Å²) < 4.78 is 0. The average molecular weight is 276 g/mol. The van der Waals surface area contributed by atoms with Gasteiger partial charge in [-0.15, -0.1) is 11.3 Å². The summed E-state index contributed by atoms with van der Waals surface area (Å²) in [6.07, 6.45) is 0. The Balaban J connectivity index is 2.34. The molecule has 1 aromatic heterocycles. The van der Waals surface area contributed by atoms with Gasteiger partial charge < -0.3 is 5.32 Å². The first-order valence-corrected chi connectivity index (χ1v) is 6.42. The number of hydrogen-bond acceptors (Lipinski definition) is 5. The molecule has 0 saturated carbocycles. The van der Waals surface area contributed by atoms with Gasteiger partial charge in [-0.2, -0.15) is 0 Å². The Bertz CT molecular complexity index is 649. The summed E-state index contributed by atoms with van der Waals surface area (Å²) in [5.74, 6) is -0.00175. The SMILES string of the molecule is CC(=O)c1sc(Nc2ccccc2[N+](=O)[O-])cc1C. The zero-order chi connectivity index (χ0) is 14.0. The summed E-state index contributed by atoms with van der Waals surface area (Å²) >= 11 is 1.30. The van der Waals surface area contributed by atoms with Crippen molar-refractivity contribution in [3.05, 3.63) is 50.9 Å². The number of benzene rings is 1. The first-order valence-electron chi connectivity index (χ1n) is 5.61. The van der Waals surface area contributed by atoms with Gasteiger partial charge in [-0.05, 0) is 31.5 Å². The molecule has 0 unspecified atom stereocenters. The van der Waals surface area contributed by atoms with Crippen LogP contribution in [0.25, 0.3) is 0 Å². The monoisotopic (exact) mass is 276 g/mol. The van der Waals surface area contributed by atoms with Crippen LogP contribution in [0.5, 0.6) is 0 Å². The molecule has 0 bridgehead atoms. The zero-order valence-corrected chi connectivity index (χ0v) is 11.3. The van der Waals surface area contributed by atoms with E-state index in [0.717, 1.165) is 10.6 Å². The van der Waals surface area contributed by atoms with Gasteiger partial charge in [-0.25, -0.2) is 0 Å². The van der Waals surface area contributed by atoms with Gasteiger partial charge in [0.15, 0.2) is 5.78 Å². The third-order valence-electron chi connectivity index (χ3n) is 2.60. The number of para-hydroxylation sites is 2. The molecule has 1 N–H and O–H groups in total. The zero-order valence-electron chi connectivity index (χ0n) is 10.5. The Hall–Kier alpha value is -2.21. The number of ketones is 1. The highest BCUT2D eigenvalue weighted by Crippen LogP contribution is 2.33. The minimum atomic E-state index is -0.436. The number of nitrogens with one attached hydrogen (secondary N) is 1. The Morgan fingerprint density at radius 1 is 1.37 bits per heavy atom. The molecule has 0 aliphatic heterocycles. The topological polar surface area (TPSA) is 72.2 Å². The van der Waals surface area contributed by atoms with Crippen LogP contribution in [0.4, 0.5) is 16.4 Å². The van der Waals surface area contributed by atoms with Crippen molar-refractivity contribution in [2.24, 2.45) is 0 Å². The number of carbonyl (C=O) groups is 1. The number of hydrogen-bond donors (Lipinski definition) is 1. The number of rotatable bonds is 4. The van der Waals surface area contributed by atoms with E-state index in [1.165, 1.54) is 24.3 Å². The number of anilines is 2. The summed E-state index contributed by atoms with van der Waals surface area (Å²) in [6, 6.07) is 8.24. The van der Waals surface area contributed by atoms with E-state index >= 15 is 0 Å². The highest BCUT2D eigenvalue weighted by Gasteiger charge is 2.15. The molecule has 6 heteroatoms. The van der Waals surface area contributed by atoms with E-state index in [2.05, 4.69) is 5.32 Å². The summed E-state index contributed by atoms with van der Waals surface area (Å²) in [6.45, 7) is 3.35. The van der Waals surface area contributed by atoms with Gasteiger partial charge in [-0.3, -0.25) is 14.9 Å². The number of nitrogens with zero attached hydrogens (tertiary/aromatic N) is 1. The molecule has 0 spiro atoms. The number of carbonyl (C=O) groups excluding carboxylic acids is 1. The Kier molecular flexibility index (Phi) is 3.62. The maximum atomic E-state index is 11.4. The van der Waals surface area contributed by atoms with E-state index < -0.39 is 4.92 Å². The Morgan fingerprint density at radius 3 is 2.63 bits per heavy atom. The molecular formula is C13H12N2O3S. The van der Waals surface area contributed by atoms with Crippen LogP contribution in [-0.4, -0.2) is 10.7 Å². The van der Waals surface area contributed by atoms with E-state index in [9.17, 15) is 14.9 Å². The van der Waals surface area contributed by atoms with Gasteiger partial charge in [0.2, 0.25) is 0 Å². The highest BCUT2D eigenvalue weighted by atomic mass is 32.1. The minimum Gasteiger partial charge on any atom is -0.342 e. The Morgan fingerprint density at radius 2 is 2.05 bits per heavy atom. The second-order valence-corrected chi connectivity index (χ2v) is 5.13. The Labute approximate surface area is 114 Å². The largest absolute Gasteiger partial charge is 0.342 e. The fraction of sp³-hybridized carbons (Fsp3) is 0.154. The quantitative estimate of drug-likeness (QED) is 0.522. The van der Waals surface area contributed by atoms with Gasteiger partial charge in [-0.1, -0.05) is 12.1 Å². The van der Waals surface area contributed by atoms with E-state index in [1.54, 1.807) is 18.2 Å². The maximum absolute atomic E-state index is 11.4. The first-order chi connectivity index (χ1) is 8.99. The number of nitro benzene ring substituents is 1. The standard InChI is InChI=1S/C13H12N2O3S/c1-8-7-12(19-13(8)9(2)16)14-10-5-3-4-6-11(10)15(17)18/h3-7,14H,1-2H3. The van der Waals surface area contributed by atoms with Crippen LogP contribution < -0.4 is 5.32 Å². The van der Waals surface area contributed by atoms with Crippen molar-refractivity contribution in [3.63, 3.8) is 0 Å². The molecular weight excluding hydrogens is 264 g/mol. The van der Waals surface area contributed by atoms with Gasteiger partial charge in [0.05, 0.1) is 14.8 Å². The van der Waals surface area contributed by atoms with Crippen molar-refractivity contribution in [2.45, 2.75) is 13.8 Å². The summed E-state index contributed by atoms with van der Waals surface area (Å²) in [4.78, 5) is 22.5. The van der Waals surface area contributed by atoms with Gasteiger partial charge >= 0.3 is 0 Å². The molecule has 5 nitrogen and oxygen atoms in total. The smallest absolute Gasteiger partial charge is 0.292 e. The summed E-state index contributed by atoms with van der Waals surface area (Å²) in [7, 11) is 0. The van der Waals surface area contributed by atoms with E-state index in [4.69, 9.17) is 0 Å². The molecule has 0 aliphatic rings. The lowest BCUT2D eigenvalue weighted by Gasteiger charge is -2.03. The molecule has 98 valence electrons. The predicted octanol–water partition coefficient (Wildman–Crippen LogP) is 3.91. The lowest BCUT2D eigenvalue weighted by Crippen LogP contribution is -1.95. The molecule has 19 heavy (non-hydrogen) atoms. The van der Waals surface area contributed by atoms with Crippen molar-refractivity contribution < 1.29 is 9.72 Å². The highest BCUT2D eigenvalue weighted by molar-refractivity contribution is 7.18. The maximum Gasteiger partial charge on any atom is 0.292 e. The molecule has 0 fully saturated rings. The second kappa shape index (κ2) is 5.19. The first kappa shape index (κ1) is 13.2. The van der Waals surface area contributed by atoms with Crippen LogP contribution in [0.2, 0.25) is 0 Å². The van der Waals surface area contributed by atoms with Crippen molar-refractivity contribution in [3.8, 4) is 0 Å². The van der Waals surface area contributed by atoms with Crippen LogP contribution in [0.15, 0.2) is 30.3 Å². The molecule has 0 radical (unpaired) electrons. The molecule has 0 atom stereocenters. The minimum absolute atomic E-state index is 0.00175.